The van der Waals surface area contributed by atoms with E-state index in [0.29, 0.717) is 12.2 Å². The molecule has 2 heterocycles. The van der Waals surface area contributed by atoms with Gasteiger partial charge in [0.2, 0.25) is 0 Å². The lowest BCUT2D eigenvalue weighted by atomic mass is 10.4. The fraction of sp³-hybridized carbons (Fsp3) is 0.200. The van der Waals surface area contributed by atoms with Crippen LogP contribution in [0, 0.1) is 0 Å². The molecule has 0 saturated heterocycles. The van der Waals surface area contributed by atoms with E-state index in [1.807, 2.05) is 25.3 Å². The summed E-state index contributed by atoms with van der Waals surface area (Å²) in [5.74, 6) is -0.108. The molecule has 0 aromatic carbocycles. The van der Waals surface area contributed by atoms with E-state index < -0.39 is 0 Å². The molecule has 0 spiro atoms. The van der Waals surface area contributed by atoms with Crippen molar-refractivity contribution in [3.05, 3.63) is 34.7 Å². The number of fused-ring (bicyclic) bond motifs is 1. The number of carbonyl (C=O) groups excluding carboxylic acids is 1. The third-order valence-corrected chi connectivity index (χ3v) is 2.51. The summed E-state index contributed by atoms with van der Waals surface area (Å²) < 4.78 is 2.67. The predicted molar refractivity (Wildman–Crippen MR) is 60.9 cm³/mol. The minimum absolute atomic E-state index is 0.108. The average molecular weight is 268 g/mol. The Morgan fingerprint density at radius 3 is 3.13 bits per heavy atom. The standard InChI is InChI=1S/C10H10BrN3O/c1-2-12-10(15)8-5-13-9-4-3-7(11)6-14(8)9/h3-6H,2H2,1H3,(H,12,15). The number of pyridine rings is 1. The van der Waals surface area contributed by atoms with E-state index in [0.717, 1.165) is 10.1 Å². The Bertz CT molecular complexity index is 506. The maximum atomic E-state index is 11.6. The van der Waals surface area contributed by atoms with Gasteiger partial charge in [0.15, 0.2) is 0 Å². The molecule has 1 N–H and O–H groups in total. The van der Waals surface area contributed by atoms with Crippen molar-refractivity contribution in [1.29, 1.82) is 0 Å². The Kier molecular flexibility index (Phi) is 2.73. The highest BCUT2D eigenvalue weighted by molar-refractivity contribution is 9.10. The number of nitrogens with one attached hydrogen (secondary N) is 1. The van der Waals surface area contributed by atoms with E-state index in [9.17, 15) is 4.79 Å². The predicted octanol–water partition coefficient (Wildman–Crippen LogP) is 1.85. The number of amides is 1. The van der Waals surface area contributed by atoms with Gasteiger partial charge in [-0.2, -0.15) is 0 Å². The zero-order valence-corrected chi connectivity index (χ0v) is 9.78. The van der Waals surface area contributed by atoms with Gasteiger partial charge in [-0.05, 0) is 35.0 Å². The van der Waals surface area contributed by atoms with Crippen LogP contribution in [-0.4, -0.2) is 21.8 Å². The van der Waals surface area contributed by atoms with Crippen LogP contribution >= 0.6 is 15.9 Å². The molecule has 2 aromatic rings. The first-order chi connectivity index (χ1) is 7.22. The monoisotopic (exact) mass is 267 g/mol. The summed E-state index contributed by atoms with van der Waals surface area (Å²) in [5, 5.41) is 2.74. The molecule has 0 radical (unpaired) electrons. The first-order valence-corrected chi connectivity index (χ1v) is 5.42. The van der Waals surface area contributed by atoms with Gasteiger partial charge in [-0.1, -0.05) is 0 Å². The van der Waals surface area contributed by atoms with Crippen molar-refractivity contribution in [2.75, 3.05) is 6.54 Å². The topological polar surface area (TPSA) is 46.4 Å². The molecule has 78 valence electrons. The molecule has 0 saturated carbocycles. The van der Waals surface area contributed by atoms with Crippen LogP contribution in [0.5, 0.6) is 0 Å². The zero-order valence-electron chi connectivity index (χ0n) is 8.20. The molecule has 2 rings (SSSR count). The summed E-state index contributed by atoms with van der Waals surface area (Å²) in [4.78, 5) is 15.8. The van der Waals surface area contributed by atoms with Crippen LogP contribution in [0.3, 0.4) is 0 Å². The number of rotatable bonds is 2. The van der Waals surface area contributed by atoms with Gasteiger partial charge in [0, 0.05) is 17.2 Å². The van der Waals surface area contributed by atoms with Crippen LogP contribution in [0.4, 0.5) is 0 Å². The maximum absolute atomic E-state index is 11.6. The minimum Gasteiger partial charge on any atom is -0.351 e. The van der Waals surface area contributed by atoms with E-state index in [-0.39, 0.29) is 5.91 Å². The number of hydrogen-bond donors (Lipinski definition) is 1. The molecular formula is C10H10BrN3O. The maximum Gasteiger partial charge on any atom is 0.269 e. The average Bonchev–Trinajstić information content (AvgIpc) is 2.60. The third-order valence-electron chi connectivity index (χ3n) is 2.04. The summed E-state index contributed by atoms with van der Waals surface area (Å²) >= 11 is 3.36. The van der Waals surface area contributed by atoms with Gasteiger partial charge in [0.05, 0.1) is 6.20 Å². The molecule has 0 fully saturated rings. The molecule has 15 heavy (non-hydrogen) atoms. The van der Waals surface area contributed by atoms with E-state index in [1.54, 1.807) is 10.6 Å². The molecule has 4 nitrogen and oxygen atoms in total. The van der Waals surface area contributed by atoms with Gasteiger partial charge < -0.3 is 5.32 Å². The van der Waals surface area contributed by atoms with E-state index >= 15 is 0 Å². The van der Waals surface area contributed by atoms with Crippen molar-refractivity contribution in [2.45, 2.75) is 6.92 Å². The highest BCUT2D eigenvalue weighted by Crippen LogP contribution is 2.13. The first kappa shape index (κ1) is 10.2. The molecule has 0 aliphatic carbocycles. The number of nitrogens with zero attached hydrogens (tertiary/aromatic N) is 2. The molecular weight excluding hydrogens is 258 g/mol. The third kappa shape index (κ3) is 1.87. The summed E-state index contributed by atoms with van der Waals surface area (Å²) in [5.41, 5.74) is 1.31. The van der Waals surface area contributed by atoms with Crippen LogP contribution in [0.1, 0.15) is 17.4 Å². The highest BCUT2D eigenvalue weighted by atomic mass is 79.9. The van der Waals surface area contributed by atoms with Gasteiger partial charge in [-0.25, -0.2) is 4.98 Å². The fourth-order valence-corrected chi connectivity index (χ4v) is 1.71. The quantitative estimate of drug-likeness (QED) is 0.903. The second-order valence-corrected chi connectivity index (χ2v) is 3.99. The number of imidazole rings is 1. The van der Waals surface area contributed by atoms with E-state index in [2.05, 4.69) is 26.2 Å². The second-order valence-electron chi connectivity index (χ2n) is 3.08. The lowest BCUT2D eigenvalue weighted by Crippen LogP contribution is -2.23. The lowest BCUT2D eigenvalue weighted by molar-refractivity contribution is 0.0950. The highest BCUT2D eigenvalue weighted by Gasteiger charge is 2.10. The van der Waals surface area contributed by atoms with Gasteiger partial charge in [-0.15, -0.1) is 0 Å². The summed E-state index contributed by atoms with van der Waals surface area (Å²) in [6.45, 7) is 2.50. The van der Waals surface area contributed by atoms with Gasteiger partial charge >= 0.3 is 0 Å². The van der Waals surface area contributed by atoms with Crippen LogP contribution in [0.15, 0.2) is 29.0 Å². The molecule has 0 bridgehead atoms. The largest absolute Gasteiger partial charge is 0.351 e. The number of carbonyl (C=O) groups is 1. The Morgan fingerprint density at radius 2 is 2.40 bits per heavy atom. The van der Waals surface area contributed by atoms with Crippen LogP contribution in [-0.2, 0) is 0 Å². The number of halogens is 1. The summed E-state index contributed by atoms with van der Waals surface area (Å²) in [6.07, 6.45) is 3.40. The lowest BCUT2D eigenvalue weighted by Gasteiger charge is -2.02. The number of aromatic nitrogens is 2. The van der Waals surface area contributed by atoms with Crippen molar-refractivity contribution in [2.24, 2.45) is 0 Å². The second kappa shape index (κ2) is 4.02. The molecule has 2 aromatic heterocycles. The van der Waals surface area contributed by atoms with Crippen molar-refractivity contribution in [1.82, 2.24) is 14.7 Å². The molecule has 1 amide bonds. The Morgan fingerprint density at radius 1 is 1.60 bits per heavy atom. The van der Waals surface area contributed by atoms with Crippen LogP contribution in [0.2, 0.25) is 0 Å². The van der Waals surface area contributed by atoms with E-state index in [1.165, 1.54) is 0 Å². The van der Waals surface area contributed by atoms with Crippen molar-refractivity contribution in [3.8, 4) is 0 Å². The minimum atomic E-state index is -0.108. The molecule has 0 atom stereocenters. The van der Waals surface area contributed by atoms with Crippen molar-refractivity contribution < 1.29 is 4.79 Å². The van der Waals surface area contributed by atoms with Gasteiger partial charge in [0.25, 0.3) is 5.91 Å². The Balaban J connectivity index is 2.52. The van der Waals surface area contributed by atoms with Crippen molar-refractivity contribution >= 4 is 27.5 Å². The zero-order chi connectivity index (χ0) is 10.8. The SMILES string of the molecule is CCNC(=O)c1cnc2ccc(Br)cn12. The van der Waals surface area contributed by atoms with E-state index in [4.69, 9.17) is 0 Å². The summed E-state index contributed by atoms with van der Waals surface area (Å²) in [7, 11) is 0. The molecule has 5 heteroatoms. The Hall–Kier alpha value is -1.36. The van der Waals surface area contributed by atoms with Gasteiger partial charge in [-0.3, -0.25) is 9.20 Å². The molecule has 0 unspecified atom stereocenters. The first-order valence-electron chi connectivity index (χ1n) is 4.63. The normalized spacial score (nSPS) is 10.5. The smallest absolute Gasteiger partial charge is 0.269 e. The molecule has 0 aliphatic heterocycles. The molecule has 0 aliphatic rings. The van der Waals surface area contributed by atoms with Crippen LogP contribution < -0.4 is 5.32 Å². The van der Waals surface area contributed by atoms with Gasteiger partial charge in [0.1, 0.15) is 11.3 Å². The fourth-order valence-electron chi connectivity index (χ4n) is 1.37. The number of hydrogen-bond acceptors (Lipinski definition) is 2. The van der Waals surface area contributed by atoms with Crippen molar-refractivity contribution in [3.63, 3.8) is 0 Å². The Labute approximate surface area is 95.4 Å². The summed E-state index contributed by atoms with van der Waals surface area (Å²) in [6, 6.07) is 3.75. The van der Waals surface area contributed by atoms with Crippen LogP contribution in [0.25, 0.3) is 5.65 Å².